The lowest BCUT2D eigenvalue weighted by molar-refractivity contribution is -0.146. The molecule has 0 aliphatic carbocycles. The molecule has 8 heteroatoms. The number of aliphatic carboxylic acids is 2. The van der Waals surface area contributed by atoms with Crippen LogP contribution in [-0.4, -0.2) is 47.3 Å². The lowest BCUT2D eigenvalue weighted by Gasteiger charge is -1.96. The molecule has 0 aliphatic heterocycles. The van der Waals surface area contributed by atoms with Crippen molar-refractivity contribution in [2.45, 2.75) is 25.7 Å². The van der Waals surface area contributed by atoms with E-state index in [0.717, 1.165) is 0 Å². The van der Waals surface area contributed by atoms with Crippen LogP contribution in [0.25, 0.3) is 0 Å². The Balaban J connectivity index is 0. The summed E-state index contributed by atoms with van der Waals surface area (Å²) in [5.41, 5.74) is 0. The molecule has 0 aromatic rings. The second-order valence-electron chi connectivity index (χ2n) is 3.52. The predicted octanol–water partition coefficient (Wildman–Crippen LogP) is 0.0552. The molecule has 2 N–H and O–H groups in total. The molecule has 8 nitrogen and oxygen atoms in total. The topological polar surface area (TPSA) is 127 Å². The monoisotopic (exact) mass is 312 g/mol. The van der Waals surface area contributed by atoms with Gasteiger partial charge in [0.1, 0.15) is 0 Å². The normalized spacial score (nSPS) is 8.27. The molecule has 0 aliphatic rings. The van der Waals surface area contributed by atoms with Crippen molar-refractivity contribution in [3.8, 4) is 24.7 Å². The van der Waals surface area contributed by atoms with E-state index in [-0.39, 0.29) is 38.9 Å². The molecule has 120 valence electrons. The van der Waals surface area contributed by atoms with Crippen LogP contribution in [0.5, 0.6) is 0 Å². The second kappa shape index (κ2) is 14.4. The summed E-state index contributed by atoms with van der Waals surface area (Å²) in [6, 6.07) is 0. The van der Waals surface area contributed by atoms with Gasteiger partial charge in [-0.1, -0.05) is 11.8 Å². The van der Waals surface area contributed by atoms with Crippen LogP contribution < -0.4 is 0 Å². The highest BCUT2D eigenvalue weighted by atomic mass is 16.5. The maximum Gasteiger partial charge on any atom is 0.307 e. The number of rotatable bonds is 8. The molecule has 0 radical (unpaired) electrons. The van der Waals surface area contributed by atoms with E-state index in [1.807, 2.05) is 0 Å². The predicted molar refractivity (Wildman–Crippen MR) is 73.3 cm³/mol. The highest BCUT2D eigenvalue weighted by molar-refractivity contribution is 5.77. The molecule has 0 aromatic heterocycles. The molecule has 0 saturated carbocycles. The average Bonchev–Trinajstić information content (AvgIpc) is 2.47. The minimum atomic E-state index is -1.03. The summed E-state index contributed by atoms with van der Waals surface area (Å²) in [5, 5.41) is 16.3. The quantitative estimate of drug-likeness (QED) is 0.475. The van der Waals surface area contributed by atoms with Crippen LogP contribution >= 0.6 is 0 Å². The molecule has 0 unspecified atom stereocenters. The van der Waals surface area contributed by atoms with E-state index < -0.39 is 23.9 Å². The van der Waals surface area contributed by atoms with Crippen molar-refractivity contribution in [3.05, 3.63) is 0 Å². The van der Waals surface area contributed by atoms with Crippen LogP contribution in [0.2, 0.25) is 0 Å². The van der Waals surface area contributed by atoms with E-state index in [4.69, 9.17) is 23.1 Å². The van der Waals surface area contributed by atoms with Gasteiger partial charge in [-0.2, -0.15) is 0 Å². The SMILES string of the molecule is C#CCOC(=O)CCC(=O)O.C#CCOC(=O)CCC(=O)O. The molecule has 0 amide bonds. The van der Waals surface area contributed by atoms with Gasteiger partial charge in [-0.3, -0.25) is 19.2 Å². The number of carbonyl (C=O) groups is 4. The van der Waals surface area contributed by atoms with E-state index in [0.29, 0.717) is 0 Å². The maximum absolute atomic E-state index is 10.5. The number of carboxylic acid groups (broad SMARTS) is 2. The van der Waals surface area contributed by atoms with Crippen LogP contribution in [0.4, 0.5) is 0 Å². The number of carboxylic acids is 2. The van der Waals surface area contributed by atoms with Crippen molar-refractivity contribution in [1.29, 1.82) is 0 Å². The molecule has 0 fully saturated rings. The van der Waals surface area contributed by atoms with Gasteiger partial charge in [0.05, 0.1) is 25.7 Å². The Kier molecular flexibility index (Phi) is 14.0. The Labute approximate surface area is 127 Å². The van der Waals surface area contributed by atoms with E-state index in [1.54, 1.807) is 0 Å². The van der Waals surface area contributed by atoms with Crippen molar-refractivity contribution in [1.82, 2.24) is 0 Å². The van der Waals surface area contributed by atoms with Crippen LogP contribution in [0, 0.1) is 24.7 Å². The largest absolute Gasteiger partial charge is 0.481 e. The lowest BCUT2D eigenvalue weighted by Crippen LogP contribution is -2.07. The van der Waals surface area contributed by atoms with Gasteiger partial charge in [0.15, 0.2) is 13.2 Å². The summed E-state index contributed by atoms with van der Waals surface area (Å²) in [6.45, 7) is -0.198. The molecule has 0 atom stereocenters. The Morgan fingerprint density at radius 2 is 1.05 bits per heavy atom. The molecular weight excluding hydrogens is 296 g/mol. The molecule has 0 bridgehead atoms. The molecule has 0 rings (SSSR count). The first kappa shape index (κ1) is 21.3. The summed E-state index contributed by atoms with van der Waals surface area (Å²) < 4.78 is 8.81. The maximum atomic E-state index is 10.5. The van der Waals surface area contributed by atoms with Crippen LogP contribution in [-0.2, 0) is 28.7 Å². The fourth-order valence-corrected chi connectivity index (χ4v) is 0.807. The highest BCUT2D eigenvalue weighted by Gasteiger charge is 2.05. The van der Waals surface area contributed by atoms with Crippen LogP contribution in [0.15, 0.2) is 0 Å². The van der Waals surface area contributed by atoms with Gasteiger partial charge in [-0.15, -0.1) is 12.8 Å². The summed E-state index contributed by atoms with van der Waals surface area (Å²) in [4.78, 5) is 40.9. The Morgan fingerprint density at radius 1 is 0.727 bits per heavy atom. The fourth-order valence-electron chi connectivity index (χ4n) is 0.807. The third-order valence-electron chi connectivity index (χ3n) is 1.72. The van der Waals surface area contributed by atoms with Gasteiger partial charge in [-0.05, 0) is 0 Å². The molecular formula is C14H16O8. The van der Waals surface area contributed by atoms with Gasteiger partial charge in [0, 0.05) is 0 Å². The smallest absolute Gasteiger partial charge is 0.307 e. The number of hydrogen-bond donors (Lipinski definition) is 2. The fraction of sp³-hybridized carbons (Fsp3) is 0.429. The molecule has 0 heterocycles. The first-order chi connectivity index (χ1) is 10.3. The Bertz CT molecular complexity index is 422. The zero-order valence-electron chi connectivity index (χ0n) is 11.7. The number of esters is 2. The minimum Gasteiger partial charge on any atom is -0.481 e. The Morgan fingerprint density at radius 3 is 1.27 bits per heavy atom. The standard InChI is InChI=1S/2C7H8O4/c2*1-2-5-11-7(10)4-3-6(8)9/h2*1H,3-5H2,(H,8,9). The Hall–Kier alpha value is -3.00. The van der Waals surface area contributed by atoms with Crippen LogP contribution in [0.1, 0.15) is 25.7 Å². The van der Waals surface area contributed by atoms with Gasteiger partial charge >= 0.3 is 23.9 Å². The molecule has 0 aromatic carbocycles. The van der Waals surface area contributed by atoms with Crippen molar-refractivity contribution in [2.75, 3.05) is 13.2 Å². The second-order valence-corrected chi connectivity index (χ2v) is 3.52. The number of ether oxygens (including phenoxy) is 2. The van der Waals surface area contributed by atoms with Crippen molar-refractivity contribution >= 4 is 23.9 Å². The van der Waals surface area contributed by atoms with E-state index >= 15 is 0 Å². The number of carbonyl (C=O) groups excluding carboxylic acids is 2. The van der Waals surface area contributed by atoms with Crippen LogP contribution in [0.3, 0.4) is 0 Å². The zero-order valence-corrected chi connectivity index (χ0v) is 11.7. The third-order valence-corrected chi connectivity index (χ3v) is 1.72. The van der Waals surface area contributed by atoms with Gasteiger partial charge in [0.2, 0.25) is 0 Å². The summed E-state index contributed by atoms with van der Waals surface area (Å²) in [5.74, 6) is 0.984. The summed E-state index contributed by atoms with van der Waals surface area (Å²) >= 11 is 0. The van der Waals surface area contributed by atoms with Crippen molar-refractivity contribution < 1.29 is 38.9 Å². The van der Waals surface area contributed by atoms with E-state index in [2.05, 4.69) is 21.3 Å². The zero-order chi connectivity index (χ0) is 17.4. The highest BCUT2D eigenvalue weighted by Crippen LogP contribution is 1.92. The number of terminal acetylenes is 2. The molecule has 0 spiro atoms. The molecule has 0 saturated heterocycles. The summed E-state index contributed by atoms with van der Waals surface area (Å²) in [7, 11) is 0. The average molecular weight is 312 g/mol. The van der Waals surface area contributed by atoms with E-state index in [9.17, 15) is 19.2 Å². The van der Waals surface area contributed by atoms with Gasteiger partial charge in [0.25, 0.3) is 0 Å². The minimum absolute atomic E-state index is 0.0988. The number of hydrogen-bond acceptors (Lipinski definition) is 6. The van der Waals surface area contributed by atoms with Gasteiger partial charge < -0.3 is 19.7 Å². The molecule has 22 heavy (non-hydrogen) atoms. The van der Waals surface area contributed by atoms with E-state index in [1.165, 1.54) is 0 Å². The lowest BCUT2D eigenvalue weighted by atomic mass is 10.3. The van der Waals surface area contributed by atoms with Gasteiger partial charge in [-0.25, -0.2) is 0 Å². The first-order valence-electron chi connectivity index (χ1n) is 5.95. The summed E-state index contributed by atoms with van der Waals surface area (Å²) in [6.07, 6.45) is 8.88. The first-order valence-corrected chi connectivity index (χ1v) is 5.95. The third kappa shape index (κ3) is 19.3. The van der Waals surface area contributed by atoms with Crippen molar-refractivity contribution in [3.63, 3.8) is 0 Å². The van der Waals surface area contributed by atoms with Crippen molar-refractivity contribution in [2.24, 2.45) is 0 Å².